The molecule has 3 rings (SSSR count). The van der Waals surface area contributed by atoms with Crippen molar-refractivity contribution in [2.45, 2.75) is 6.42 Å². The zero-order valence-electron chi connectivity index (χ0n) is 11.2. The molecule has 0 spiro atoms. The lowest BCUT2D eigenvalue weighted by Gasteiger charge is -2.24. The normalized spacial score (nSPS) is 17.1. The third-order valence-electron chi connectivity index (χ3n) is 3.46. The molecule has 1 aromatic heterocycles. The van der Waals surface area contributed by atoms with Crippen molar-refractivity contribution in [2.75, 3.05) is 17.7 Å². The zero-order valence-corrected chi connectivity index (χ0v) is 11.2. The maximum atomic E-state index is 12.3. The molecule has 1 amide bonds. The lowest BCUT2D eigenvalue weighted by molar-refractivity contribution is -0.121. The second-order valence-corrected chi connectivity index (χ2v) is 4.88. The summed E-state index contributed by atoms with van der Waals surface area (Å²) in [6.07, 6.45) is 2.18. The summed E-state index contributed by atoms with van der Waals surface area (Å²) in [4.78, 5) is 12.3. The van der Waals surface area contributed by atoms with Gasteiger partial charge in [0.2, 0.25) is 5.91 Å². The summed E-state index contributed by atoms with van der Waals surface area (Å²) in [6, 6.07) is 7.77. The summed E-state index contributed by atoms with van der Waals surface area (Å²) >= 11 is 0. The molecule has 0 aliphatic carbocycles. The fourth-order valence-electron chi connectivity index (χ4n) is 2.32. The number of anilines is 2. The monoisotopic (exact) mass is 272 g/mol. The standard InChI is InChI=1S/C14H16N4O2/c1-18-13(11(15)7-16-18)17-14(19)10-6-9-4-2-3-5-12(9)20-8-10/h2-5,7,10H,6,8,15H2,1H3,(H,17,19). The molecule has 0 bridgehead atoms. The highest BCUT2D eigenvalue weighted by Crippen LogP contribution is 2.27. The fraction of sp³-hybridized carbons (Fsp3) is 0.286. The first-order chi connectivity index (χ1) is 9.65. The van der Waals surface area contributed by atoms with E-state index in [9.17, 15) is 4.79 Å². The van der Waals surface area contributed by atoms with E-state index in [2.05, 4.69) is 10.4 Å². The zero-order chi connectivity index (χ0) is 14.1. The number of nitrogen functional groups attached to an aromatic ring is 1. The van der Waals surface area contributed by atoms with Crippen LogP contribution in [0, 0.1) is 5.92 Å². The van der Waals surface area contributed by atoms with Crippen molar-refractivity contribution >= 4 is 17.4 Å². The summed E-state index contributed by atoms with van der Waals surface area (Å²) in [5.74, 6) is 1.06. The van der Waals surface area contributed by atoms with Crippen LogP contribution < -0.4 is 15.8 Å². The maximum absolute atomic E-state index is 12.3. The molecule has 20 heavy (non-hydrogen) atoms. The SMILES string of the molecule is Cn1ncc(N)c1NC(=O)C1COc2ccccc2C1. The van der Waals surface area contributed by atoms with Gasteiger partial charge in [0.15, 0.2) is 5.82 Å². The molecular formula is C14H16N4O2. The minimum atomic E-state index is -0.223. The molecule has 6 nitrogen and oxygen atoms in total. The number of aromatic nitrogens is 2. The third-order valence-corrected chi connectivity index (χ3v) is 3.46. The predicted molar refractivity (Wildman–Crippen MR) is 75.4 cm³/mol. The number of amides is 1. The van der Waals surface area contributed by atoms with Crippen molar-refractivity contribution in [1.29, 1.82) is 0 Å². The van der Waals surface area contributed by atoms with Gasteiger partial charge in [-0.1, -0.05) is 18.2 Å². The van der Waals surface area contributed by atoms with Gasteiger partial charge in [-0.25, -0.2) is 0 Å². The number of nitrogens with two attached hydrogens (primary N) is 1. The van der Waals surface area contributed by atoms with Crippen LogP contribution in [0.25, 0.3) is 0 Å². The Morgan fingerprint density at radius 3 is 3.05 bits per heavy atom. The number of fused-ring (bicyclic) bond motifs is 1. The Bertz CT molecular complexity index is 631. The summed E-state index contributed by atoms with van der Waals surface area (Å²) in [7, 11) is 1.73. The molecule has 104 valence electrons. The van der Waals surface area contributed by atoms with Crippen molar-refractivity contribution in [1.82, 2.24) is 9.78 Å². The van der Waals surface area contributed by atoms with Crippen LogP contribution in [0.3, 0.4) is 0 Å². The largest absolute Gasteiger partial charge is 0.492 e. The Balaban J connectivity index is 1.74. The molecule has 2 heterocycles. The smallest absolute Gasteiger partial charge is 0.232 e. The van der Waals surface area contributed by atoms with Gasteiger partial charge >= 0.3 is 0 Å². The number of carbonyl (C=O) groups excluding carboxylic acids is 1. The van der Waals surface area contributed by atoms with E-state index in [-0.39, 0.29) is 11.8 Å². The number of ether oxygens (including phenoxy) is 1. The molecule has 0 saturated heterocycles. The number of rotatable bonds is 2. The molecule has 1 aliphatic heterocycles. The number of hydrogen-bond acceptors (Lipinski definition) is 4. The van der Waals surface area contributed by atoms with E-state index in [1.807, 2.05) is 24.3 Å². The van der Waals surface area contributed by atoms with Crippen molar-refractivity contribution in [2.24, 2.45) is 13.0 Å². The van der Waals surface area contributed by atoms with Crippen molar-refractivity contribution in [3.8, 4) is 5.75 Å². The highest BCUT2D eigenvalue weighted by Gasteiger charge is 2.26. The lowest BCUT2D eigenvalue weighted by Crippen LogP contribution is -2.33. The third kappa shape index (κ3) is 2.20. The van der Waals surface area contributed by atoms with E-state index in [0.717, 1.165) is 11.3 Å². The molecule has 0 saturated carbocycles. The van der Waals surface area contributed by atoms with Gasteiger partial charge in [0, 0.05) is 7.05 Å². The molecule has 3 N–H and O–H groups in total. The molecule has 0 radical (unpaired) electrons. The van der Waals surface area contributed by atoms with Crippen LogP contribution in [0.5, 0.6) is 5.75 Å². The van der Waals surface area contributed by atoms with E-state index < -0.39 is 0 Å². The molecule has 1 unspecified atom stereocenters. The molecule has 0 fully saturated rings. The van der Waals surface area contributed by atoms with Gasteiger partial charge in [-0.15, -0.1) is 0 Å². The second kappa shape index (κ2) is 4.88. The van der Waals surface area contributed by atoms with Crippen LogP contribution in [0.4, 0.5) is 11.5 Å². The molecule has 6 heteroatoms. The van der Waals surface area contributed by atoms with Gasteiger partial charge in [-0.3, -0.25) is 9.48 Å². The number of para-hydroxylation sites is 1. The Kier molecular flexibility index (Phi) is 3.06. The number of hydrogen-bond donors (Lipinski definition) is 2. The van der Waals surface area contributed by atoms with Gasteiger partial charge < -0.3 is 15.8 Å². The summed E-state index contributed by atoms with van der Waals surface area (Å²) in [6.45, 7) is 0.376. The number of nitrogens with zero attached hydrogens (tertiary/aromatic N) is 2. The Morgan fingerprint density at radius 1 is 1.50 bits per heavy atom. The molecule has 1 aliphatic rings. The van der Waals surface area contributed by atoms with Gasteiger partial charge in [0.25, 0.3) is 0 Å². The Morgan fingerprint density at radius 2 is 2.30 bits per heavy atom. The Labute approximate surface area is 116 Å². The van der Waals surface area contributed by atoms with Crippen molar-refractivity contribution < 1.29 is 9.53 Å². The number of carbonyl (C=O) groups is 1. The van der Waals surface area contributed by atoms with E-state index in [0.29, 0.717) is 24.5 Å². The van der Waals surface area contributed by atoms with Gasteiger partial charge in [0.05, 0.1) is 17.8 Å². The van der Waals surface area contributed by atoms with Crippen LogP contribution in [-0.4, -0.2) is 22.3 Å². The first-order valence-corrected chi connectivity index (χ1v) is 6.44. The summed E-state index contributed by atoms with van der Waals surface area (Å²) in [5.41, 5.74) is 7.28. The average Bonchev–Trinajstić information content (AvgIpc) is 2.78. The molecule has 2 aromatic rings. The number of benzene rings is 1. The molecular weight excluding hydrogens is 256 g/mol. The molecule has 1 aromatic carbocycles. The molecule has 1 atom stereocenters. The Hall–Kier alpha value is -2.50. The minimum Gasteiger partial charge on any atom is -0.492 e. The fourth-order valence-corrected chi connectivity index (χ4v) is 2.32. The lowest BCUT2D eigenvalue weighted by atomic mass is 9.96. The highest BCUT2D eigenvalue weighted by atomic mass is 16.5. The van der Waals surface area contributed by atoms with Crippen LogP contribution in [-0.2, 0) is 18.3 Å². The first-order valence-electron chi connectivity index (χ1n) is 6.44. The number of nitrogens with one attached hydrogen (secondary N) is 1. The van der Waals surface area contributed by atoms with Crippen LogP contribution in [0.15, 0.2) is 30.5 Å². The van der Waals surface area contributed by atoms with E-state index in [4.69, 9.17) is 10.5 Å². The van der Waals surface area contributed by atoms with E-state index in [1.165, 1.54) is 6.20 Å². The second-order valence-electron chi connectivity index (χ2n) is 4.88. The van der Waals surface area contributed by atoms with Gasteiger partial charge in [-0.2, -0.15) is 5.10 Å². The predicted octanol–water partition coefficient (Wildman–Crippen LogP) is 1.19. The van der Waals surface area contributed by atoms with Crippen LogP contribution in [0.1, 0.15) is 5.56 Å². The van der Waals surface area contributed by atoms with E-state index in [1.54, 1.807) is 11.7 Å². The number of aryl methyl sites for hydroxylation is 1. The van der Waals surface area contributed by atoms with Crippen LogP contribution in [0.2, 0.25) is 0 Å². The van der Waals surface area contributed by atoms with Gasteiger partial charge in [-0.05, 0) is 18.1 Å². The summed E-state index contributed by atoms with van der Waals surface area (Å²) < 4.78 is 7.17. The maximum Gasteiger partial charge on any atom is 0.232 e. The van der Waals surface area contributed by atoms with Crippen LogP contribution >= 0.6 is 0 Å². The average molecular weight is 272 g/mol. The quantitative estimate of drug-likeness (QED) is 0.860. The van der Waals surface area contributed by atoms with Crippen molar-refractivity contribution in [3.05, 3.63) is 36.0 Å². The highest BCUT2D eigenvalue weighted by molar-refractivity contribution is 5.94. The van der Waals surface area contributed by atoms with E-state index >= 15 is 0 Å². The first kappa shape index (κ1) is 12.5. The topological polar surface area (TPSA) is 82.2 Å². The minimum absolute atomic E-state index is 0.102. The van der Waals surface area contributed by atoms with Gasteiger partial charge in [0.1, 0.15) is 12.4 Å². The summed E-state index contributed by atoms with van der Waals surface area (Å²) in [5, 5.41) is 6.81. The van der Waals surface area contributed by atoms with Crippen molar-refractivity contribution in [3.63, 3.8) is 0 Å².